The van der Waals surface area contributed by atoms with Crippen molar-refractivity contribution in [1.29, 1.82) is 0 Å². The molecule has 1 aliphatic rings. The summed E-state index contributed by atoms with van der Waals surface area (Å²) in [5.74, 6) is 0. The van der Waals surface area contributed by atoms with Crippen LogP contribution in [0.4, 0.5) is 17.1 Å². The predicted molar refractivity (Wildman–Crippen MR) is 213 cm³/mol. The molecule has 238 valence electrons. The second-order valence-corrected chi connectivity index (χ2v) is 14.3. The highest BCUT2D eigenvalue weighted by molar-refractivity contribution is 6.12. The second-order valence-electron chi connectivity index (χ2n) is 14.3. The van der Waals surface area contributed by atoms with Gasteiger partial charge in [0.25, 0.3) is 0 Å². The minimum absolute atomic E-state index is 0.226. The quantitative estimate of drug-likeness (QED) is 0.186. The first kappa shape index (κ1) is 28.9. The Morgan fingerprint density at radius 1 is 0.480 bits per heavy atom. The van der Waals surface area contributed by atoms with Crippen LogP contribution < -0.4 is 4.90 Å². The highest BCUT2D eigenvalue weighted by Gasteiger charge is 2.38. The molecule has 1 aliphatic carbocycles. The van der Waals surface area contributed by atoms with Gasteiger partial charge < -0.3 is 9.47 Å². The number of hydrogen-bond acceptors (Lipinski definition) is 1. The molecular formula is C48H36N2. The molecule has 0 atom stereocenters. The molecule has 2 nitrogen and oxygen atoms in total. The molecule has 1 heterocycles. The van der Waals surface area contributed by atoms with Gasteiger partial charge in [-0.1, -0.05) is 135 Å². The zero-order valence-electron chi connectivity index (χ0n) is 28.5. The molecule has 8 aromatic carbocycles. The van der Waals surface area contributed by atoms with Gasteiger partial charge in [0.2, 0.25) is 0 Å². The number of anilines is 3. The van der Waals surface area contributed by atoms with Gasteiger partial charge in [-0.15, -0.1) is 0 Å². The van der Waals surface area contributed by atoms with E-state index in [4.69, 9.17) is 0 Å². The Balaban J connectivity index is 1.23. The number of rotatable bonds is 4. The van der Waals surface area contributed by atoms with Crippen LogP contribution in [0.3, 0.4) is 0 Å². The summed E-state index contributed by atoms with van der Waals surface area (Å²) in [5.41, 5.74) is 13.6. The highest BCUT2D eigenvalue weighted by Crippen LogP contribution is 2.55. The largest absolute Gasteiger partial charge is 0.309 e. The lowest BCUT2D eigenvalue weighted by Crippen LogP contribution is -2.17. The molecule has 0 fully saturated rings. The third-order valence-corrected chi connectivity index (χ3v) is 11.0. The number of benzene rings is 8. The van der Waals surface area contributed by atoms with Crippen LogP contribution in [0.25, 0.3) is 60.2 Å². The molecule has 0 aliphatic heterocycles. The predicted octanol–water partition coefficient (Wildman–Crippen LogP) is 13.2. The van der Waals surface area contributed by atoms with Gasteiger partial charge in [-0.2, -0.15) is 0 Å². The maximum Gasteiger partial charge on any atom is 0.0543 e. The van der Waals surface area contributed by atoms with Crippen LogP contribution in [0.1, 0.15) is 30.5 Å². The van der Waals surface area contributed by atoms with Crippen LogP contribution in [0, 0.1) is 6.92 Å². The molecule has 1 aromatic heterocycles. The van der Waals surface area contributed by atoms with Crippen molar-refractivity contribution in [3.05, 3.63) is 180 Å². The van der Waals surface area contributed by atoms with Crippen LogP contribution in [0.5, 0.6) is 0 Å². The third-order valence-electron chi connectivity index (χ3n) is 11.0. The molecule has 0 amide bonds. The normalized spacial score (nSPS) is 13.3. The van der Waals surface area contributed by atoms with E-state index in [2.05, 4.69) is 194 Å². The summed E-state index contributed by atoms with van der Waals surface area (Å²) in [4.78, 5) is 2.48. The number of aryl methyl sites for hydroxylation is 1. The van der Waals surface area contributed by atoms with Crippen molar-refractivity contribution in [3.8, 4) is 16.8 Å². The number of fused-ring (bicyclic) bond motifs is 9. The molecule has 50 heavy (non-hydrogen) atoms. The Morgan fingerprint density at radius 3 is 1.80 bits per heavy atom. The molecule has 2 heteroatoms. The smallest absolute Gasteiger partial charge is 0.0543 e. The summed E-state index contributed by atoms with van der Waals surface area (Å²) >= 11 is 0. The van der Waals surface area contributed by atoms with E-state index in [9.17, 15) is 0 Å². The molecule has 9 aromatic rings. The molecule has 0 N–H and O–H groups in total. The average molecular weight is 641 g/mol. The molecule has 10 rings (SSSR count). The van der Waals surface area contributed by atoms with E-state index >= 15 is 0 Å². The fourth-order valence-corrected chi connectivity index (χ4v) is 8.58. The SMILES string of the molecule is Cc1ccc(N(c2cccc3ccccc23)c2cc3c(c4ccccc24)-c2ccc(-n4c5ccccc5c5ccccc54)cc2C3(C)C)cc1. The standard InChI is InChI=1S/C48H36N2/c1-31-23-25-33(26-24-31)49(43-22-12-14-32-13-4-5-15-35(32)43)46-30-42-47(39-19-7-6-18-38(39)46)40-28-27-34(29-41(40)48(42,2)3)50-44-20-10-8-16-36(44)37-17-9-11-21-45(37)50/h4-30H,1-3H3. The van der Waals surface area contributed by atoms with Gasteiger partial charge in [0, 0.05) is 38.3 Å². The summed E-state index contributed by atoms with van der Waals surface area (Å²) in [5, 5.41) is 7.57. The maximum atomic E-state index is 2.49. The number of aromatic nitrogens is 1. The molecular weight excluding hydrogens is 605 g/mol. The molecule has 0 radical (unpaired) electrons. The lowest BCUT2D eigenvalue weighted by Gasteiger charge is -2.30. The van der Waals surface area contributed by atoms with Gasteiger partial charge in [-0.05, 0) is 88.5 Å². The topological polar surface area (TPSA) is 8.17 Å². The molecule has 0 unspecified atom stereocenters. The van der Waals surface area contributed by atoms with E-state index < -0.39 is 0 Å². The fraction of sp³-hybridized carbons (Fsp3) is 0.0833. The van der Waals surface area contributed by atoms with Crippen molar-refractivity contribution in [3.63, 3.8) is 0 Å². The number of para-hydroxylation sites is 2. The van der Waals surface area contributed by atoms with Crippen molar-refractivity contribution in [2.45, 2.75) is 26.2 Å². The monoisotopic (exact) mass is 640 g/mol. The summed E-state index contributed by atoms with van der Waals surface area (Å²) in [6, 6.07) is 60.5. The lowest BCUT2D eigenvalue weighted by molar-refractivity contribution is 0.660. The number of hydrogen-bond donors (Lipinski definition) is 0. The van der Waals surface area contributed by atoms with Gasteiger partial charge in [-0.3, -0.25) is 0 Å². The van der Waals surface area contributed by atoms with Crippen molar-refractivity contribution >= 4 is 60.4 Å². The van der Waals surface area contributed by atoms with E-state index in [-0.39, 0.29) is 5.41 Å². The van der Waals surface area contributed by atoms with Crippen LogP contribution in [-0.2, 0) is 5.41 Å². The summed E-state index contributed by atoms with van der Waals surface area (Å²) in [6.45, 7) is 6.96. The Labute approximate surface area is 292 Å². The Bertz CT molecular complexity index is 2740. The van der Waals surface area contributed by atoms with Crippen molar-refractivity contribution in [2.24, 2.45) is 0 Å². The zero-order chi connectivity index (χ0) is 33.6. The zero-order valence-corrected chi connectivity index (χ0v) is 28.5. The van der Waals surface area contributed by atoms with E-state index in [0.717, 1.165) is 5.69 Å². The summed E-state index contributed by atoms with van der Waals surface area (Å²) in [6.07, 6.45) is 0. The van der Waals surface area contributed by atoms with Gasteiger partial charge in [0.05, 0.1) is 22.4 Å². The Morgan fingerprint density at radius 2 is 1.08 bits per heavy atom. The van der Waals surface area contributed by atoms with Crippen LogP contribution >= 0.6 is 0 Å². The molecule has 0 bridgehead atoms. The van der Waals surface area contributed by atoms with Gasteiger partial charge >= 0.3 is 0 Å². The average Bonchev–Trinajstić information content (AvgIpc) is 3.61. The Kier molecular flexibility index (Phi) is 6.17. The van der Waals surface area contributed by atoms with Crippen LogP contribution in [-0.4, -0.2) is 4.57 Å². The molecule has 0 saturated carbocycles. The van der Waals surface area contributed by atoms with E-state index in [0.29, 0.717) is 0 Å². The van der Waals surface area contributed by atoms with Crippen LogP contribution in [0.15, 0.2) is 164 Å². The number of nitrogens with zero attached hydrogens (tertiary/aromatic N) is 2. The highest BCUT2D eigenvalue weighted by atomic mass is 15.1. The van der Waals surface area contributed by atoms with Crippen molar-refractivity contribution in [1.82, 2.24) is 4.57 Å². The third kappa shape index (κ3) is 4.09. The van der Waals surface area contributed by atoms with E-state index in [1.165, 1.54) is 88.2 Å². The molecule has 0 spiro atoms. The molecule has 0 saturated heterocycles. The minimum Gasteiger partial charge on any atom is -0.309 e. The summed E-state index contributed by atoms with van der Waals surface area (Å²) < 4.78 is 2.44. The van der Waals surface area contributed by atoms with Gasteiger partial charge in [-0.25, -0.2) is 0 Å². The summed E-state index contributed by atoms with van der Waals surface area (Å²) in [7, 11) is 0. The van der Waals surface area contributed by atoms with E-state index in [1.807, 2.05) is 0 Å². The van der Waals surface area contributed by atoms with Crippen LogP contribution in [0.2, 0.25) is 0 Å². The minimum atomic E-state index is -0.226. The van der Waals surface area contributed by atoms with E-state index in [1.54, 1.807) is 0 Å². The fourth-order valence-electron chi connectivity index (χ4n) is 8.58. The first-order valence-electron chi connectivity index (χ1n) is 17.5. The van der Waals surface area contributed by atoms with Crippen molar-refractivity contribution < 1.29 is 0 Å². The first-order valence-corrected chi connectivity index (χ1v) is 17.5. The first-order chi connectivity index (χ1) is 24.5. The van der Waals surface area contributed by atoms with Crippen molar-refractivity contribution in [2.75, 3.05) is 4.90 Å². The lowest BCUT2D eigenvalue weighted by atomic mass is 9.81. The van der Waals surface area contributed by atoms with Gasteiger partial charge in [0.15, 0.2) is 0 Å². The Hall–Kier alpha value is -6.12. The second kappa shape index (κ2) is 10.7. The maximum absolute atomic E-state index is 2.49. The van der Waals surface area contributed by atoms with Gasteiger partial charge in [0.1, 0.15) is 0 Å².